The maximum atomic E-state index is 11.3. The van der Waals surface area contributed by atoms with Crippen LogP contribution in [0.5, 0.6) is 0 Å². The molecule has 1 N–H and O–H groups in total. The summed E-state index contributed by atoms with van der Waals surface area (Å²) in [6.07, 6.45) is 0.455. The van der Waals surface area contributed by atoms with Crippen molar-refractivity contribution in [2.24, 2.45) is 0 Å². The van der Waals surface area contributed by atoms with E-state index in [9.17, 15) is 4.79 Å². The molecule has 0 amide bonds. The average molecular weight is 330 g/mol. The van der Waals surface area contributed by atoms with Gasteiger partial charge < -0.3 is 0 Å². The van der Waals surface area contributed by atoms with E-state index in [4.69, 9.17) is 0 Å². The summed E-state index contributed by atoms with van der Waals surface area (Å²) in [6.45, 7) is 3.68. The number of benzene rings is 2. The van der Waals surface area contributed by atoms with Crippen LogP contribution in [0.2, 0.25) is 0 Å². The summed E-state index contributed by atoms with van der Waals surface area (Å²) in [5.41, 5.74) is 4.34. The molecule has 0 aliphatic carbocycles. The van der Waals surface area contributed by atoms with Gasteiger partial charge in [-0.1, -0.05) is 0 Å². The fourth-order valence-electron chi connectivity index (χ4n) is 2.00. The Kier molecular flexibility index (Phi) is 4.89. The van der Waals surface area contributed by atoms with Crippen molar-refractivity contribution in [3.63, 3.8) is 0 Å². The van der Waals surface area contributed by atoms with Gasteiger partial charge >= 0.3 is 127 Å². The second-order valence-corrected chi connectivity index (χ2v) is 5.71. The number of carbonyl (C=O) groups is 1. The van der Waals surface area contributed by atoms with Crippen LogP contribution < -0.4 is 5.32 Å². The Morgan fingerprint density at radius 1 is 1.10 bits per heavy atom. The van der Waals surface area contributed by atoms with E-state index in [0.29, 0.717) is 6.42 Å². The third-order valence-corrected chi connectivity index (χ3v) is 3.69. The van der Waals surface area contributed by atoms with Gasteiger partial charge in [0.25, 0.3) is 0 Å². The zero-order valence-electron chi connectivity index (χ0n) is 11.6. The Hall–Kier alpha value is -1.70. The normalized spacial score (nSPS) is 10.1. The van der Waals surface area contributed by atoms with Crippen LogP contribution in [0.25, 0.3) is 0 Å². The van der Waals surface area contributed by atoms with Crippen molar-refractivity contribution in [1.82, 2.24) is 0 Å². The molecule has 2 aromatic rings. The van der Waals surface area contributed by atoms with E-state index in [1.54, 1.807) is 6.92 Å². The Morgan fingerprint density at radius 3 is 2.40 bits per heavy atom. The van der Waals surface area contributed by atoms with Crippen molar-refractivity contribution in [1.29, 1.82) is 0 Å². The van der Waals surface area contributed by atoms with Crippen LogP contribution in [-0.4, -0.2) is 25.9 Å². The molecule has 0 aliphatic rings. The zero-order chi connectivity index (χ0) is 14.5. The van der Waals surface area contributed by atoms with E-state index in [1.807, 2.05) is 36.4 Å². The molecular formula is C17H17NOSe. The van der Waals surface area contributed by atoms with Gasteiger partial charge in [-0.25, -0.2) is 0 Å². The summed E-state index contributed by atoms with van der Waals surface area (Å²) < 4.78 is 0.936. The van der Waals surface area contributed by atoms with Gasteiger partial charge in [0.1, 0.15) is 0 Å². The molecule has 0 heterocycles. The van der Waals surface area contributed by atoms with E-state index in [-0.39, 0.29) is 5.78 Å². The van der Waals surface area contributed by atoms with Gasteiger partial charge in [0.15, 0.2) is 0 Å². The third kappa shape index (κ3) is 3.89. The molecule has 0 aromatic heterocycles. The summed E-state index contributed by atoms with van der Waals surface area (Å²) in [4.78, 5) is 11.3. The first-order valence-corrected chi connectivity index (χ1v) is 7.37. The molecule has 20 heavy (non-hydrogen) atoms. The van der Waals surface area contributed by atoms with Crippen LogP contribution in [0, 0.1) is 6.92 Å². The van der Waals surface area contributed by atoms with E-state index in [1.165, 1.54) is 5.56 Å². The molecule has 0 saturated heterocycles. The number of Topliss-reactive ketones (excluding diaryl/α,β-unsaturated/α-hetero) is 1. The Bertz CT molecular complexity index is 632. The zero-order valence-corrected chi connectivity index (χ0v) is 13.4. The SMILES string of the molecule is CC(=O)Cc1ccccc1C(=[Se])Nc1ccc(C)cc1. The predicted molar refractivity (Wildman–Crippen MR) is 85.5 cm³/mol. The summed E-state index contributed by atoms with van der Waals surface area (Å²) >= 11 is 3.06. The molecule has 3 heteroatoms. The van der Waals surface area contributed by atoms with Crippen LogP contribution in [0.4, 0.5) is 5.69 Å². The first-order valence-electron chi connectivity index (χ1n) is 6.51. The second-order valence-electron chi connectivity index (χ2n) is 4.86. The number of hydrogen-bond donors (Lipinski definition) is 1. The van der Waals surface area contributed by atoms with Crippen LogP contribution in [-0.2, 0) is 11.2 Å². The number of carbonyl (C=O) groups excluding carboxylic acids is 1. The van der Waals surface area contributed by atoms with Crippen LogP contribution >= 0.6 is 0 Å². The van der Waals surface area contributed by atoms with Crippen molar-refractivity contribution in [2.45, 2.75) is 20.3 Å². The first-order chi connectivity index (χ1) is 9.56. The predicted octanol–water partition coefficient (Wildman–Crippen LogP) is 2.89. The standard InChI is InChI=1S/C17H17NOSe/c1-12-7-9-15(10-8-12)18-17(20)16-6-4-3-5-14(16)11-13(2)19/h3-10H,11H2,1-2H3,(H,18,20). The number of rotatable bonds is 5. The Labute approximate surface area is 127 Å². The van der Waals surface area contributed by atoms with Crippen LogP contribution in [0.1, 0.15) is 23.6 Å². The molecule has 2 rings (SSSR count). The van der Waals surface area contributed by atoms with Gasteiger partial charge in [-0.05, 0) is 0 Å². The molecule has 0 radical (unpaired) electrons. The van der Waals surface area contributed by atoms with Crippen molar-refractivity contribution in [3.8, 4) is 0 Å². The molecule has 0 atom stereocenters. The van der Waals surface area contributed by atoms with Crippen LogP contribution in [0.15, 0.2) is 48.5 Å². The van der Waals surface area contributed by atoms with Gasteiger partial charge in [-0.2, -0.15) is 0 Å². The Balaban J connectivity index is 2.20. The molecule has 0 unspecified atom stereocenters. The van der Waals surface area contributed by atoms with Crippen molar-refractivity contribution >= 4 is 31.6 Å². The van der Waals surface area contributed by atoms with Crippen LogP contribution in [0.3, 0.4) is 0 Å². The number of aryl methyl sites for hydroxylation is 1. The van der Waals surface area contributed by atoms with E-state index < -0.39 is 0 Å². The van der Waals surface area contributed by atoms with E-state index in [0.717, 1.165) is 21.4 Å². The summed E-state index contributed by atoms with van der Waals surface area (Å²) in [5.74, 6) is 0.167. The molecule has 0 saturated carbocycles. The minimum absolute atomic E-state index is 0.167. The van der Waals surface area contributed by atoms with Gasteiger partial charge in [-0.15, -0.1) is 0 Å². The molecule has 0 spiro atoms. The molecule has 0 aliphatic heterocycles. The Morgan fingerprint density at radius 2 is 1.75 bits per heavy atom. The number of hydrogen-bond acceptors (Lipinski definition) is 2. The molecule has 2 aromatic carbocycles. The fraction of sp³-hybridized carbons (Fsp3) is 0.176. The van der Waals surface area contributed by atoms with Crippen molar-refractivity contribution in [2.75, 3.05) is 5.32 Å². The molecule has 102 valence electrons. The number of anilines is 1. The second kappa shape index (κ2) is 6.64. The van der Waals surface area contributed by atoms with Gasteiger partial charge in [0.2, 0.25) is 0 Å². The quantitative estimate of drug-likeness (QED) is 0.854. The van der Waals surface area contributed by atoms with Gasteiger partial charge in [-0.3, -0.25) is 0 Å². The molecule has 2 nitrogen and oxygen atoms in total. The topological polar surface area (TPSA) is 29.1 Å². The first kappa shape index (κ1) is 14.7. The van der Waals surface area contributed by atoms with Gasteiger partial charge in [0, 0.05) is 0 Å². The fourth-order valence-corrected chi connectivity index (χ4v) is 2.66. The minimum atomic E-state index is 0.167. The van der Waals surface area contributed by atoms with Gasteiger partial charge in [0.05, 0.1) is 0 Å². The average Bonchev–Trinajstić information content (AvgIpc) is 2.41. The molecule has 0 bridgehead atoms. The molecular weight excluding hydrogens is 313 g/mol. The number of ketones is 1. The summed E-state index contributed by atoms with van der Waals surface area (Å²) in [7, 11) is 0. The van der Waals surface area contributed by atoms with Crippen molar-refractivity contribution < 1.29 is 4.79 Å². The summed E-state index contributed by atoms with van der Waals surface area (Å²) in [5, 5.41) is 3.35. The van der Waals surface area contributed by atoms with E-state index >= 15 is 0 Å². The van der Waals surface area contributed by atoms with E-state index in [2.05, 4.69) is 39.9 Å². The monoisotopic (exact) mass is 331 g/mol. The maximum absolute atomic E-state index is 11.3. The molecule has 0 fully saturated rings. The number of nitrogens with one attached hydrogen (secondary N) is 1. The summed E-state index contributed by atoms with van der Waals surface area (Å²) in [6, 6.07) is 16.2. The third-order valence-electron chi connectivity index (χ3n) is 3.01. The van der Waals surface area contributed by atoms with Crippen molar-refractivity contribution in [3.05, 3.63) is 65.2 Å².